The minimum absolute atomic E-state index is 0.348. The zero-order valence-electron chi connectivity index (χ0n) is 13.0. The van der Waals surface area contributed by atoms with Crippen LogP contribution in [0, 0.1) is 6.92 Å². The number of aromatic amines is 1. The molecule has 0 aliphatic carbocycles. The van der Waals surface area contributed by atoms with Crippen molar-refractivity contribution in [3.63, 3.8) is 0 Å². The standard InChI is InChI=1S/C16H17N3O3S/c1-3-14-17-16(19-18-14)23-7-6-21-11-4-5-12-10(2)8-15(20)22-13(12)9-11/h4-5,8-9H,3,6-7H2,1-2H3,(H,17,18,19). The molecule has 0 aliphatic rings. The summed E-state index contributed by atoms with van der Waals surface area (Å²) in [6.45, 7) is 4.43. The Morgan fingerprint density at radius 2 is 2.22 bits per heavy atom. The van der Waals surface area contributed by atoms with Crippen molar-refractivity contribution in [2.24, 2.45) is 0 Å². The van der Waals surface area contributed by atoms with Crippen LogP contribution in [-0.2, 0) is 6.42 Å². The van der Waals surface area contributed by atoms with Gasteiger partial charge in [0, 0.05) is 29.7 Å². The minimum Gasteiger partial charge on any atom is -0.493 e. The fourth-order valence-electron chi connectivity index (χ4n) is 2.19. The van der Waals surface area contributed by atoms with Crippen LogP contribution in [0.15, 0.2) is 38.6 Å². The zero-order valence-corrected chi connectivity index (χ0v) is 13.8. The first-order valence-electron chi connectivity index (χ1n) is 7.37. The van der Waals surface area contributed by atoms with Gasteiger partial charge in [-0.05, 0) is 24.6 Å². The number of benzene rings is 1. The maximum Gasteiger partial charge on any atom is 0.336 e. The van der Waals surface area contributed by atoms with Crippen molar-refractivity contribution in [3.05, 3.63) is 46.1 Å². The van der Waals surface area contributed by atoms with E-state index in [1.54, 1.807) is 6.07 Å². The highest BCUT2D eigenvalue weighted by molar-refractivity contribution is 7.99. The van der Waals surface area contributed by atoms with Crippen LogP contribution in [0.1, 0.15) is 18.3 Å². The van der Waals surface area contributed by atoms with Crippen LogP contribution in [0.25, 0.3) is 11.0 Å². The van der Waals surface area contributed by atoms with E-state index in [9.17, 15) is 4.79 Å². The first kappa shape index (κ1) is 15.6. The van der Waals surface area contributed by atoms with Crippen LogP contribution in [0.3, 0.4) is 0 Å². The van der Waals surface area contributed by atoms with Crippen LogP contribution in [0.2, 0.25) is 0 Å². The summed E-state index contributed by atoms with van der Waals surface area (Å²) in [4.78, 5) is 15.8. The lowest BCUT2D eigenvalue weighted by molar-refractivity contribution is 0.343. The molecule has 0 saturated carbocycles. The number of thioether (sulfide) groups is 1. The van der Waals surface area contributed by atoms with Crippen molar-refractivity contribution < 1.29 is 9.15 Å². The number of nitrogens with zero attached hydrogens (tertiary/aromatic N) is 2. The molecule has 6 nitrogen and oxygen atoms in total. The smallest absolute Gasteiger partial charge is 0.336 e. The molecular formula is C16H17N3O3S. The van der Waals surface area contributed by atoms with Crippen molar-refractivity contribution >= 4 is 22.7 Å². The molecule has 2 aromatic heterocycles. The molecule has 1 aromatic carbocycles. The lowest BCUT2D eigenvalue weighted by Crippen LogP contribution is -2.01. The average Bonchev–Trinajstić information content (AvgIpc) is 2.99. The number of nitrogens with one attached hydrogen (secondary N) is 1. The predicted molar refractivity (Wildman–Crippen MR) is 89.2 cm³/mol. The number of rotatable bonds is 6. The Morgan fingerprint density at radius 3 is 3.00 bits per heavy atom. The predicted octanol–water partition coefficient (Wildman–Crippen LogP) is 2.95. The molecule has 2 heterocycles. The van der Waals surface area contributed by atoms with Gasteiger partial charge in [0.15, 0.2) is 0 Å². The minimum atomic E-state index is -0.348. The molecule has 120 valence electrons. The van der Waals surface area contributed by atoms with Crippen molar-refractivity contribution in [1.29, 1.82) is 0 Å². The van der Waals surface area contributed by atoms with Crippen molar-refractivity contribution in [2.75, 3.05) is 12.4 Å². The van der Waals surface area contributed by atoms with Gasteiger partial charge < -0.3 is 9.15 Å². The van der Waals surface area contributed by atoms with Gasteiger partial charge in [-0.3, -0.25) is 5.10 Å². The Labute approximate surface area is 137 Å². The largest absolute Gasteiger partial charge is 0.493 e. The number of H-pyrrole nitrogens is 1. The maximum absolute atomic E-state index is 11.4. The quantitative estimate of drug-likeness (QED) is 0.425. The van der Waals surface area contributed by atoms with E-state index in [-0.39, 0.29) is 5.63 Å². The van der Waals surface area contributed by atoms with Gasteiger partial charge in [0.05, 0.1) is 6.61 Å². The molecule has 0 saturated heterocycles. The summed E-state index contributed by atoms with van der Waals surface area (Å²) in [5, 5.41) is 8.64. The number of hydrogen-bond donors (Lipinski definition) is 1. The second-order valence-corrected chi connectivity index (χ2v) is 6.08. The van der Waals surface area contributed by atoms with Crippen molar-refractivity contribution in [2.45, 2.75) is 25.4 Å². The lowest BCUT2D eigenvalue weighted by atomic mass is 10.1. The van der Waals surface area contributed by atoms with Gasteiger partial charge in [-0.25, -0.2) is 9.78 Å². The van der Waals surface area contributed by atoms with E-state index in [1.807, 2.05) is 26.0 Å². The topological polar surface area (TPSA) is 81.0 Å². The molecule has 0 atom stereocenters. The SMILES string of the molecule is CCc1nc(SCCOc2ccc3c(C)cc(=O)oc3c2)n[nH]1. The summed E-state index contributed by atoms with van der Waals surface area (Å²) in [7, 11) is 0. The monoisotopic (exact) mass is 331 g/mol. The summed E-state index contributed by atoms with van der Waals surface area (Å²) >= 11 is 1.53. The molecule has 7 heteroatoms. The van der Waals surface area contributed by atoms with Crippen LogP contribution in [0.5, 0.6) is 5.75 Å². The van der Waals surface area contributed by atoms with Crippen LogP contribution in [0.4, 0.5) is 0 Å². The normalized spacial score (nSPS) is 11.0. The molecule has 0 radical (unpaired) electrons. The fraction of sp³-hybridized carbons (Fsp3) is 0.312. The van der Waals surface area contributed by atoms with Crippen molar-refractivity contribution in [1.82, 2.24) is 15.2 Å². The summed E-state index contributed by atoms with van der Waals surface area (Å²) in [6, 6.07) is 7.01. The molecule has 3 aromatic rings. The molecule has 0 aliphatic heterocycles. The first-order valence-corrected chi connectivity index (χ1v) is 8.35. The molecule has 0 bridgehead atoms. The number of ether oxygens (including phenoxy) is 1. The van der Waals surface area contributed by atoms with Gasteiger partial charge in [0.1, 0.15) is 17.2 Å². The molecular weight excluding hydrogens is 314 g/mol. The number of aromatic nitrogens is 3. The van der Waals surface area contributed by atoms with E-state index < -0.39 is 0 Å². The second-order valence-electron chi connectivity index (χ2n) is 5.02. The van der Waals surface area contributed by atoms with E-state index in [0.29, 0.717) is 17.9 Å². The molecule has 3 rings (SSSR count). The van der Waals surface area contributed by atoms with Crippen LogP contribution < -0.4 is 10.4 Å². The molecule has 0 unspecified atom stereocenters. The second kappa shape index (κ2) is 6.87. The Balaban J connectivity index is 1.60. The third-order valence-electron chi connectivity index (χ3n) is 3.35. The summed E-state index contributed by atoms with van der Waals surface area (Å²) in [5.74, 6) is 2.29. The Morgan fingerprint density at radius 1 is 1.35 bits per heavy atom. The molecule has 23 heavy (non-hydrogen) atoms. The molecule has 0 amide bonds. The Hall–Kier alpha value is -2.28. The fourth-order valence-corrected chi connectivity index (χ4v) is 2.82. The number of hydrogen-bond acceptors (Lipinski definition) is 6. The van der Waals surface area contributed by atoms with Gasteiger partial charge in [0.2, 0.25) is 5.16 Å². The third-order valence-corrected chi connectivity index (χ3v) is 4.16. The number of fused-ring (bicyclic) bond motifs is 1. The summed E-state index contributed by atoms with van der Waals surface area (Å²) < 4.78 is 10.9. The van der Waals surface area contributed by atoms with E-state index in [4.69, 9.17) is 9.15 Å². The lowest BCUT2D eigenvalue weighted by Gasteiger charge is -2.06. The maximum atomic E-state index is 11.4. The van der Waals surface area contributed by atoms with E-state index in [0.717, 1.165) is 34.1 Å². The molecule has 1 N–H and O–H groups in total. The van der Waals surface area contributed by atoms with Gasteiger partial charge in [-0.1, -0.05) is 18.7 Å². The Kier molecular flexibility index (Phi) is 4.66. The van der Waals surface area contributed by atoms with Gasteiger partial charge in [0.25, 0.3) is 0 Å². The Bertz CT molecular complexity index is 872. The summed E-state index contributed by atoms with van der Waals surface area (Å²) in [5.41, 5.74) is 1.09. The highest BCUT2D eigenvalue weighted by Crippen LogP contribution is 2.22. The van der Waals surface area contributed by atoms with E-state index >= 15 is 0 Å². The van der Waals surface area contributed by atoms with E-state index in [2.05, 4.69) is 15.2 Å². The van der Waals surface area contributed by atoms with Crippen LogP contribution >= 0.6 is 11.8 Å². The molecule has 0 fully saturated rings. The van der Waals surface area contributed by atoms with Gasteiger partial charge in [-0.15, -0.1) is 5.10 Å². The molecule has 0 spiro atoms. The number of aryl methyl sites for hydroxylation is 2. The van der Waals surface area contributed by atoms with Crippen molar-refractivity contribution in [3.8, 4) is 5.75 Å². The average molecular weight is 331 g/mol. The summed E-state index contributed by atoms with van der Waals surface area (Å²) in [6.07, 6.45) is 0.839. The van der Waals surface area contributed by atoms with Crippen LogP contribution in [-0.4, -0.2) is 27.5 Å². The highest BCUT2D eigenvalue weighted by atomic mass is 32.2. The first-order chi connectivity index (χ1) is 11.2. The van der Waals surface area contributed by atoms with Gasteiger partial charge >= 0.3 is 5.63 Å². The third kappa shape index (κ3) is 3.73. The van der Waals surface area contributed by atoms with E-state index in [1.165, 1.54) is 17.8 Å². The highest BCUT2D eigenvalue weighted by Gasteiger charge is 2.05. The zero-order chi connectivity index (χ0) is 16.2. The van der Waals surface area contributed by atoms with Gasteiger partial charge in [-0.2, -0.15) is 0 Å².